The maximum Gasteiger partial charge on any atom is 0.258 e. The van der Waals surface area contributed by atoms with Gasteiger partial charge in [-0.2, -0.15) is 0 Å². The molecule has 0 radical (unpaired) electrons. The molecule has 3 heterocycles. The van der Waals surface area contributed by atoms with Crippen LogP contribution >= 0.6 is 34.8 Å². The lowest BCUT2D eigenvalue weighted by Crippen LogP contribution is -2.16. The zero-order valence-electron chi connectivity index (χ0n) is 14.8. The fourth-order valence-corrected chi connectivity index (χ4v) is 3.26. The molecule has 3 aromatic heterocycles. The van der Waals surface area contributed by atoms with Crippen molar-refractivity contribution in [3.8, 4) is 11.6 Å². The van der Waals surface area contributed by atoms with E-state index < -0.39 is 0 Å². The zero-order chi connectivity index (χ0) is 20.4. The summed E-state index contributed by atoms with van der Waals surface area (Å²) in [7, 11) is 0. The summed E-state index contributed by atoms with van der Waals surface area (Å²) in [6.45, 7) is 0.316. The molecule has 0 spiro atoms. The fourth-order valence-electron chi connectivity index (χ4n) is 2.69. The fraction of sp³-hybridized carbons (Fsp3) is 0.0500. The van der Waals surface area contributed by atoms with Crippen molar-refractivity contribution in [1.82, 2.24) is 14.4 Å². The van der Waals surface area contributed by atoms with Gasteiger partial charge in [0.25, 0.3) is 5.56 Å². The van der Waals surface area contributed by atoms with Gasteiger partial charge in [-0.25, -0.2) is 9.97 Å². The van der Waals surface area contributed by atoms with Gasteiger partial charge in [-0.15, -0.1) is 0 Å². The van der Waals surface area contributed by atoms with Gasteiger partial charge in [0, 0.05) is 18.5 Å². The number of nitrogens with one attached hydrogen (secondary N) is 1. The Morgan fingerprint density at radius 1 is 1.03 bits per heavy atom. The van der Waals surface area contributed by atoms with Crippen molar-refractivity contribution in [3.05, 3.63) is 92.0 Å². The first-order valence-corrected chi connectivity index (χ1v) is 9.62. The Labute approximate surface area is 180 Å². The Bertz CT molecular complexity index is 1260. The monoisotopic (exact) mass is 446 g/mol. The smallest absolute Gasteiger partial charge is 0.258 e. The van der Waals surface area contributed by atoms with Gasteiger partial charge in [0.05, 0.1) is 28.0 Å². The molecule has 146 valence electrons. The molecule has 1 aromatic carbocycles. The summed E-state index contributed by atoms with van der Waals surface area (Å²) in [5.41, 5.74) is 1.57. The van der Waals surface area contributed by atoms with Crippen molar-refractivity contribution in [1.29, 1.82) is 0 Å². The van der Waals surface area contributed by atoms with Crippen molar-refractivity contribution in [2.45, 2.75) is 6.54 Å². The average Bonchev–Trinajstić information content (AvgIpc) is 2.70. The molecule has 0 aliphatic carbocycles. The summed E-state index contributed by atoms with van der Waals surface area (Å²) in [5.74, 6) is 0.762. The minimum absolute atomic E-state index is 0.212. The molecule has 4 rings (SSSR count). The van der Waals surface area contributed by atoms with E-state index in [1.807, 2.05) is 18.2 Å². The second-order valence-corrected chi connectivity index (χ2v) is 7.33. The Balaban J connectivity index is 1.57. The summed E-state index contributed by atoms with van der Waals surface area (Å²) < 4.78 is 7.23. The molecule has 9 heteroatoms. The highest BCUT2D eigenvalue weighted by molar-refractivity contribution is 6.35. The van der Waals surface area contributed by atoms with E-state index in [0.717, 1.165) is 0 Å². The molecule has 0 amide bonds. The van der Waals surface area contributed by atoms with Crippen molar-refractivity contribution in [3.63, 3.8) is 0 Å². The van der Waals surface area contributed by atoms with E-state index in [1.165, 1.54) is 22.9 Å². The maximum absolute atomic E-state index is 12.3. The number of halogens is 3. The van der Waals surface area contributed by atoms with Crippen molar-refractivity contribution >= 4 is 46.1 Å². The maximum atomic E-state index is 12.3. The van der Waals surface area contributed by atoms with Gasteiger partial charge in [0.15, 0.2) is 5.75 Å². The average molecular weight is 448 g/mol. The van der Waals surface area contributed by atoms with Crippen LogP contribution in [-0.4, -0.2) is 14.4 Å². The molecule has 0 aliphatic heterocycles. The second-order valence-electron chi connectivity index (χ2n) is 6.05. The summed E-state index contributed by atoms with van der Waals surface area (Å²) in [4.78, 5) is 20.9. The van der Waals surface area contributed by atoms with Crippen LogP contribution in [0.2, 0.25) is 15.1 Å². The number of pyridine rings is 2. The number of hydrogen-bond acceptors (Lipinski definition) is 5. The van der Waals surface area contributed by atoms with Crippen LogP contribution in [0, 0.1) is 0 Å². The van der Waals surface area contributed by atoms with Crippen LogP contribution in [0.1, 0.15) is 5.69 Å². The van der Waals surface area contributed by atoms with E-state index in [-0.39, 0.29) is 11.4 Å². The predicted molar refractivity (Wildman–Crippen MR) is 115 cm³/mol. The largest absolute Gasteiger partial charge is 0.435 e. The van der Waals surface area contributed by atoms with Crippen molar-refractivity contribution < 1.29 is 4.74 Å². The minimum atomic E-state index is -0.212. The Morgan fingerprint density at radius 2 is 1.86 bits per heavy atom. The second kappa shape index (κ2) is 8.29. The third-order valence-electron chi connectivity index (χ3n) is 4.00. The number of para-hydroxylation sites is 2. The van der Waals surface area contributed by atoms with Crippen LogP contribution in [0.3, 0.4) is 0 Å². The molecule has 0 unspecified atom stereocenters. The quantitative estimate of drug-likeness (QED) is 0.440. The van der Waals surface area contributed by atoms with E-state index in [9.17, 15) is 4.79 Å². The number of rotatable bonds is 5. The lowest BCUT2D eigenvalue weighted by molar-refractivity contribution is 0.465. The van der Waals surface area contributed by atoms with Gasteiger partial charge >= 0.3 is 0 Å². The number of nitrogens with zero attached hydrogens (tertiary/aromatic N) is 3. The zero-order valence-corrected chi connectivity index (χ0v) is 17.0. The number of hydrogen-bond donors (Lipinski definition) is 1. The topological polar surface area (TPSA) is 68.5 Å². The molecular weight excluding hydrogens is 435 g/mol. The first kappa shape index (κ1) is 19.5. The number of benzene rings is 1. The van der Waals surface area contributed by atoms with Crippen LogP contribution in [0.5, 0.6) is 11.6 Å². The highest BCUT2D eigenvalue weighted by Gasteiger charge is 2.10. The number of fused-ring (bicyclic) bond motifs is 1. The van der Waals surface area contributed by atoms with E-state index >= 15 is 0 Å². The summed E-state index contributed by atoms with van der Waals surface area (Å²) >= 11 is 18.0. The lowest BCUT2D eigenvalue weighted by atomic mass is 10.2. The van der Waals surface area contributed by atoms with Crippen molar-refractivity contribution in [2.75, 3.05) is 5.32 Å². The van der Waals surface area contributed by atoms with Crippen LogP contribution in [0.4, 0.5) is 5.69 Å². The molecule has 6 nitrogen and oxygen atoms in total. The van der Waals surface area contributed by atoms with Gasteiger partial charge in [-0.3, -0.25) is 9.20 Å². The first-order valence-electron chi connectivity index (χ1n) is 8.49. The van der Waals surface area contributed by atoms with E-state index in [0.29, 0.717) is 44.4 Å². The lowest BCUT2D eigenvalue weighted by Gasteiger charge is -2.13. The summed E-state index contributed by atoms with van der Waals surface area (Å²) in [6.07, 6.45) is 2.99. The minimum Gasteiger partial charge on any atom is -0.435 e. The highest BCUT2D eigenvalue weighted by Crippen LogP contribution is 2.33. The van der Waals surface area contributed by atoms with Crippen LogP contribution in [0.25, 0.3) is 5.65 Å². The molecule has 0 fully saturated rings. The molecule has 0 saturated carbocycles. The van der Waals surface area contributed by atoms with E-state index in [1.54, 1.807) is 24.3 Å². The van der Waals surface area contributed by atoms with Gasteiger partial charge in [-0.05, 0) is 30.3 Å². The Morgan fingerprint density at radius 3 is 2.69 bits per heavy atom. The predicted octanol–water partition coefficient (Wildman–Crippen LogP) is 5.45. The third-order valence-corrected chi connectivity index (χ3v) is 4.71. The number of ether oxygens (including phenoxy) is 1. The van der Waals surface area contributed by atoms with Crippen LogP contribution in [0.15, 0.2) is 65.7 Å². The summed E-state index contributed by atoms with van der Waals surface area (Å²) in [6, 6.07) is 13.7. The number of aromatic nitrogens is 3. The van der Waals surface area contributed by atoms with Gasteiger partial charge in [0.2, 0.25) is 5.88 Å². The van der Waals surface area contributed by atoms with Crippen molar-refractivity contribution in [2.24, 2.45) is 0 Å². The summed E-state index contributed by atoms with van der Waals surface area (Å²) in [5, 5.41) is 4.41. The molecule has 0 atom stereocenters. The molecule has 29 heavy (non-hydrogen) atoms. The van der Waals surface area contributed by atoms with Crippen LogP contribution in [-0.2, 0) is 6.54 Å². The molecule has 0 bridgehead atoms. The van der Waals surface area contributed by atoms with Crippen LogP contribution < -0.4 is 15.6 Å². The standard InChI is InChI=1S/C20H13Cl3N4O2/c21-12-5-6-18-26-14(8-19(28)27(18)11-12)10-24-16-3-1-2-4-17(16)29-20-15(23)7-13(22)9-25-20/h1-9,11,24H,10H2. The third kappa shape index (κ3) is 4.45. The Kier molecular flexibility index (Phi) is 5.58. The molecule has 0 aliphatic rings. The Hall–Kier alpha value is -2.80. The first-order chi connectivity index (χ1) is 14.0. The van der Waals surface area contributed by atoms with Gasteiger partial charge in [-0.1, -0.05) is 46.9 Å². The normalized spacial score (nSPS) is 10.9. The van der Waals surface area contributed by atoms with Gasteiger partial charge < -0.3 is 10.1 Å². The SMILES string of the molecule is O=c1cc(CNc2ccccc2Oc2ncc(Cl)cc2Cl)nc2ccc(Cl)cn12. The highest BCUT2D eigenvalue weighted by atomic mass is 35.5. The van der Waals surface area contributed by atoms with E-state index in [2.05, 4.69) is 15.3 Å². The molecule has 4 aromatic rings. The molecule has 1 N–H and O–H groups in total. The molecule has 0 saturated heterocycles. The van der Waals surface area contributed by atoms with E-state index in [4.69, 9.17) is 39.5 Å². The van der Waals surface area contributed by atoms with Gasteiger partial charge in [0.1, 0.15) is 10.7 Å². The number of anilines is 1. The molecular formula is C20H13Cl3N4O2.